The van der Waals surface area contributed by atoms with Crippen LogP contribution in [0.2, 0.25) is 0 Å². The Kier molecular flexibility index (Phi) is 5.13. The summed E-state index contributed by atoms with van der Waals surface area (Å²) < 4.78 is 40.7. The Balaban J connectivity index is 1.75. The lowest BCUT2D eigenvalue weighted by Gasteiger charge is -2.28. The monoisotopic (exact) mass is 422 g/mol. The number of hydrogen-bond acceptors (Lipinski definition) is 5. The molecule has 10 heteroatoms. The second kappa shape index (κ2) is 7.60. The number of nitrogens with zero attached hydrogens (tertiary/aromatic N) is 4. The van der Waals surface area contributed by atoms with Gasteiger partial charge in [-0.25, -0.2) is 9.67 Å². The molecule has 0 atom stereocenters. The highest BCUT2D eigenvalue weighted by atomic mass is 32.1. The van der Waals surface area contributed by atoms with Crippen LogP contribution in [0.25, 0.3) is 16.4 Å². The predicted molar refractivity (Wildman–Crippen MR) is 101 cm³/mol. The summed E-state index contributed by atoms with van der Waals surface area (Å²) >= 11 is 1.35. The van der Waals surface area contributed by atoms with E-state index in [9.17, 15) is 23.1 Å². The highest BCUT2D eigenvalue weighted by molar-refractivity contribution is 7.13. The van der Waals surface area contributed by atoms with Gasteiger partial charge in [0.15, 0.2) is 5.82 Å². The van der Waals surface area contributed by atoms with Crippen LogP contribution in [0, 0.1) is 0 Å². The van der Waals surface area contributed by atoms with E-state index in [1.165, 1.54) is 28.2 Å². The van der Waals surface area contributed by atoms with Crippen molar-refractivity contribution in [3.63, 3.8) is 0 Å². The van der Waals surface area contributed by atoms with E-state index in [1.54, 1.807) is 17.0 Å². The minimum Gasteiger partial charge on any atom is -0.393 e. The maximum absolute atomic E-state index is 13.1. The van der Waals surface area contributed by atoms with Gasteiger partial charge in [-0.1, -0.05) is 12.1 Å². The Morgan fingerprint density at radius 3 is 2.59 bits per heavy atom. The van der Waals surface area contributed by atoms with E-state index < -0.39 is 23.8 Å². The Morgan fingerprint density at radius 1 is 1.17 bits per heavy atom. The fourth-order valence-corrected chi connectivity index (χ4v) is 3.87. The number of amides is 1. The summed E-state index contributed by atoms with van der Waals surface area (Å²) in [5.74, 6) is -0.178. The lowest BCUT2D eigenvalue weighted by atomic mass is 10.1. The second-order valence-electron chi connectivity index (χ2n) is 6.72. The lowest BCUT2D eigenvalue weighted by Crippen LogP contribution is -2.40. The van der Waals surface area contributed by atoms with Crippen molar-refractivity contribution in [3.05, 3.63) is 53.2 Å². The molecule has 4 rings (SSSR count). The first-order valence-corrected chi connectivity index (χ1v) is 9.87. The zero-order valence-electron chi connectivity index (χ0n) is 15.1. The van der Waals surface area contributed by atoms with Crippen molar-refractivity contribution in [3.8, 4) is 16.4 Å². The number of piperidine rings is 1. The van der Waals surface area contributed by atoms with Crippen molar-refractivity contribution < 1.29 is 23.1 Å². The Labute approximate surface area is 168 Å². The van der Waals surface area contributed by atoms with E-state index in [0.717, 1.165) is 12.1 Å². The van der Waals surface area contributed by atoms with Crippen LogP contribution in [0.4, 0.5) is 13.2 Å². The largest absolute Gasteiger partial charge is 0.416 e. The van der Waals surface area contributed by atoms with E-state index in [1.807, 2.05) is 5.38 Å². The number of thiophene rings is 1. The van der Waals surface area contributed by atoms with Gasteiger partial charge in [-0.05, 0) is 42.5 Å². The van der Waals surface area contributed by atoms with Gasteiger partial charge >= 0.3 is 6.18 Å². The molecule has 0 bridgehead atoms. The summed E-state index contributed by atoms with van der Waals surface area (Å²) in [6.45, 7) is 0.763. The van der Waals surface area contributed by atoms with Crippen LogP contribution in [-0.2, 0) is 6.18 Å². The summed E-state index contributed by atoms with van der Waals surface area (Å²) in [5, 5.41) is 15.7. The number of aliphatic hydroxyl groups excluding tert-OH is 1. The smallest absolute Gasteiger partial charge is 0.393 e. The normalized spacial score (nSPS) is 15.7. The van der Waals surface area contributed by atoms with Gasteiger partial charge in [-0.2, -0.15) is 13.2 Å². The molecule has 1 amide bonds. The molecular formula is C19H17F3N4O2S. The number of aliphatic hydroxyl groups is 1. The number of rotatable bonds is 3. The fraction of sp³-hybridized carbons (Fsp3) is 0.316. The van der Waals surface area contributed by atoms with Crippen molar-refractivity contribution in [2.45, 2.75) is 25.1 Å². The van der Waals surface area contributed by atoms with Gasteiger partial charge in [0.1, 0.15) is 0 Å². The van der Waals surface area contributed by atoms with Crippen LogP contribution < -0.4 is 0 Å². The minimum atomic E-state index is -4.49. The number of halogens is 3. The number of likely N-dealkylation sites (tertiary alicyclic amines) is 1. The third-order valence-electron chi connectivity index (χ3n) is 4.71. The summed E-state index contributed by atoms with van der Waals surface area (Å²) in [6.07, 6.45) is -3.99. The third-order valence-corrected chi connectivity index (χ3v) is 5.58. The lowest BCUT2D eigenvalue weighted by molar-refractivity contribution is -0.137. The summed E-state index contributed by atoms with van der Waals surface area (Å²) in [7, 11) is 0. The van der Waals surface area contributed by atoms with Gasteiger partial charge < -0.3 is 10.0 Å². The van der Waals surface area contributed by atoms with Gasteiger partial charge in [0.05, 0.1) is 22.2 Å². The molecule has 0 aliphatic carbocycles. The molecule has 6 nitrogen and oxygen atoms in total. The van der Waals surface area contributed by atoms with Gasteiger partial charge in [-0.15, -0.1) is 16.4 Å². The predicted octanol–water partition coefficient (Wildman–Crippen LogP) is 3.61. The summed E-state index contributed by atoms with van der Waals surface area (Å²) in [5.41, 5.74) is -0.635. The minimum absolute atomic E-state index is 0.0813. The van der Waals surface area contributed by atoms with Crippen LogP contribution in [0.5, 0.6) is 0 Å². The SMILES string of the molecule is O=C(c1nc(-c2cccs2)n(-c2cccc(C(F)(F)F)c2)n1)N1CCC(O)CC1. The number of aromatic nitrogens is 3. The standard InChI is InChI=1S/C19H17F3N4O2S/c20-19(21,22)12-3-1-4-13(11-12)26-17(15-5-2-10-29-15)23-16(24-26)18(28)25-8-6-14(27)7-9-25/h1-5,10-11,14,27H,6-9H2. The molecular weight excluding hydrogens is 405 g/mol. The molecule has 152 valence electrons. The van der Waals surface area contributed by atoms with E-state index in [0.29, 0.717) is 36.6 Å². The number of benzene rings is 1. The first-order chi connectivity index (χ1) is 13.8. The topological polar surface area (TPSA) is 71.2 Å². The first-order valence-electron chi connectivity index (χ1n) is 8.99. The van der Waals surface area contributed by atoms with Crippen LogP contribution in [0.3, 0.4) is 0 Å². The molecule has 0 spiro atoms. The van der Waals surface area contributed by atoms with Crippen molar-refractivity contribution in [1.29, 1.82) is 0 Å². The molecule has 1 saturated heterocycles. The number of hydrogen-bond donors (Lipinski definition) is 1. The van der Waals surface area contributed by atoms with Crippen LogP contribution >= 0.6 is 11.3 Å². The number of alkyl halides is 3. The van der Waals surface area contributed by atoms with E-state index in [4.69, 9.17) is 0 Å². The van der Waals surface area contributed by atoms with E-state index in [-0.39, 0.29) is 11.5 Å². The van der Waals surface area contributed by atoms with Crippen LogP contribution in [-0.4, -0.2) is 49.9 Å². The molecule has 0 unspecified atom stereocenters. The van der Waals surface area contributed by atoms with Crippen LogP contribution in [0.1, 0.15) is 29.0 Å². The molecule has 1 aliphatic rings. The molecule has 3 aromatic rings. The molecule has 3 heterocycles. The van der Waals surface area contributed by atoms with Gasteiger partial charge in [0, 0.05) is 13.1 Å². The summed E-state index contributed by atoms with van der Waals surface area (Å²) in [4.78, 5) is 19.4. The van der Waals surface area contributed by atoms with Gasteiger partial charge in [-0.3, -0.25) is 4.79 Å². The van der Waals surface area contributed by atoms with E-state index in [2.05, 4.69) is 10.1 Å². The number of carbonyl (C=O) groups is 1. The zero-order chi connectivity index (χ0) is 20.6. The molecule has 1 fully saturated rings. The maximum atomic E-state index is 13.1. The molecule has 1 aromatic carbocycles. The average Bonchev–Trinajstić information content (AvgIpc) is 3.37. The molecule has 0 saturated carbocycles. The van der Waals surface area contributed by atoms with Crippen molar-refractivity contribution in [1.82, 2.24) is 19.7 Å². The van der Waals surface area contributed by atoms with Gasteiger partial charge in [0.2, 0.25) is 5.82 Å². The highest BCUT2D eigenvalue weighted by Crippen LogP contribution is 2.32. The van der Waals surface area contributed by atoms with Gasteiger partial charge in [0.25, 0.3) is 5.91 Å². The molecule has 0 radical (unpaired) electrons. The quantitative estimate of drug-likeness (QED) is 0.700. The molecule has 29 heavy (non-hydrogen) atoms. The highest BCUT2D eigenvalue weighted by Gasteiger charge is 2.31. The molecule has 1 aliphatic heterocycles. The Hall–Kier alpha value is -2.72. The fourth-order valence-electron chi connectivity index (χ4n) is 3.17. The second-order valence-corrected chi connectivity index (χ2v) is 7.67. The maximum Gasteiger partial charge on any atom is 0.416 e. The first kappa shape index (κ1) is 19.6. The number of carbonyl (C=O) groups excluding carboxylic acids is 1. The third kappa shape index (κ3) is 4.03. The van der Waals surface area contributed by atoms with Crippen molar-refractivity contribution >= 4 is 17.2 Å². The average molecular weight is 422 g/mol. The van der Waals surface area contributed by atoms with Crippen LogP contribution in [0.15, 0.2) is 41.8 Å². The van der Waals surface area contributed by atoms with E-state index >= 15 is 0 Å². The summed E-state index contributed by atoms with van der Waals surface area (Å²) in [6, 6.07) is 8.31. The molecule has 1 N–H and O–H groups in total. The van der Waals surface area contributed by atoms with Crippen molar-refractivity contribution in [2.24, 2.45) is 0 Å². The Morgan fingerprint density at radius 2 is 1.93 bits per heavy atom. The Bertz CT molecular complexity index is 1010. The zero-order valence-corrected chi connectivity index (χ0v) is 16.0. The van der Waals surface area contributed by atoms with Crippen molar-refractivity contribution in [2.75, 3.05) is 13.1 Å². The molecule has 2 aromatic heterocycles.